The van der Waals surface area contributed by atoms with Gasteiger partial charge in [0.1, 0.15) is 0 Å². The van der Waals surface area contributed by atoms with Crippen molar-refractivity contribution in [2.75, 3.05) is 17.2 Å². The van der Waals surface area contributed by atoms with Gasteiger partial charge >= 0.3 is 0 Å². The molecule has 0 spiro atoms. The molecule has 2 aromatic carbocycles. The van der Waals surface area contributed by atoms with Gasteiger partial charge in [-0.05, 0) is 34.6 Å². The fourth-order valence-electron chi connectivity index (χ4n) is 3.05. The van der Waals surface area contributed by atoms with Crippen LogP contribution in [0.2, 0.25) is 0 Å². The lowest BCUT2D eigenvalue weighted by Crippen LogP contribution is -2.20. The van der Waals surface area contributed by atoms with Crippen molar-refractivity contribution in [1.82, 2.24) is 0 Å². The van der Waals surface area contributed by atoms with Crippen molar-refractivity contribution in [2.45, 2.75) is 39.2 Å². The van der Waals surface area contributed by atoms with Crippen LogP contribution in [0.5, 0.6) is 0 Å². The summed E-state index contributed by atoms with van der Waals surface area (Å²) >= 11 is 0. The summed E-state index contributed by atoms with van der Waals surface area (Å²) in [7, 11) is 0. The molecular weight excluding hydrogens is 256 g/mol. The van der Waals surface area contributed by atoms with E-state index in [-0.39, 0.29) is 5.41 Å². The number of rotatable bonds is 2. The van der Waals surface area contributed by atoms with Crippen LogP contribution in [0, 0.1) is 0 Å². The van der Waals surface area contributed by atoms with Gasteiger partial charge in [-0.1, -0.05) is 57.2 Å². The first-order chi connectivity index (χ1) is 9.95. The topological polar surface area (TPSA) is 29.3 Å². The third-order valence-electron chi connectivity index (χ3n) is 4.31. The first kappa shape index (κ1) is 14.0. The number of hydrogen-bond acceptors (Lipinski definition) is 2. The smallest absolute Gasteiger partial charge is 0.0636 e. The molecule has 0 fully saturated rings. The summed E-state index contributed by atoms with van der Waals surface area (Å²) in [6.07, 6.45) is 1.10. The summed E-state index contributed by atoms with van der Waals surface area (Å²) in [5.41, 5.74) is 12.6. The quantitative estimate of drug-likeness (QED) is 0.838. The molecule has 0 saturated carbocycles. The summed E-state index contributed by atoms with van der Waals surface area (Å²) in [6, 6.07) is 15.2. The standard InChI is InChI=1S/C19H24N2/c1-19(2,3)16-9-7-14(8-10-16)13-21-12-11-15-5-4-6-17(20)18(15)21/h4-10H,11-13,20H2,1-3H3. The van der Waals surface area contributed by atoms with Gasteiger partial charge in [-0.25, -0.2) is 0 Å². The third-order valence-corrected chi connectivity index (χ3v) is 4.31. The number of fused-ring (bicyclic) bond motifs is 1. The molecule has 0 radical (unpaired) electrons. The monoisotopic (exact) mass is 280 g/mol. The van der Waals surface area contributed by atoms with Crippen molar-refractivity contribution in [1.29, 1.82) is 0 Å². The third kappa shape index (κ3) is 2.76. The van der Waals surface area contributed by atoms with Gasteiger partial charge < -0.3 is 10.6 Å². The van der Waals surface area contributed by atoms with Crippen molar-refractivity contribution in [3.05, 3.63) is 59.2 Å². The maximum absolute atomic E-state index is 6.16. The second kappa shape index (κ2) is 5.10. The molecule has 1 aliphatic heterocycles. The van der Waals surface area contributed by atoms with Crippen LogP contribution in [0.25, 0.3) is 0 Å². The Morgan fingerprint density at radius 2 is 1.76 bits per heavy atom. The van der Waals surface area contributed by atoms with E-state index in [4.69, 9.17) is 5.73 Å². The van der Waals surface area contributed by atoms with Crippen LogP contribution < -0.4 is 10.6 Å². The minimum absolute atomic E-state index is 0.212. The fourth-order valence-corrected chi connectivity index (χ4v) is 3.05. The van der Waals surface area contributed by atoms with Gasteiger partial charge in [0.2, 0.25) is 0 Å². The molecule has 21 heavy (non-hydrogen) atoms. The van der Waals surface area contributed by atoms with Crippen molar-refractivity contribution in [3.8, 4) is 0 Å². The van der Waals surface area contributed by atoms with Crippen molar-refractivity contribution in [2.24, 2.45) is 0 Å². The van der Waals surface area contributed by atoms with Crippen LogP contribution >= 0.6 is 0 Å². The normalized spacial score (nSPS) is 14.3. The van der Waals surface area contributed by atoms with Crippen LogP contribution in [-0.4, -0.2) is 6.54 Å². The average molecular weight is 280 g/mol. The second-order valence-corrected chi connectivity index (χ2v) is 6.97. The van der Waals surface area contributed by atoms with Crippen LogP contribution in [-0.2, 0) is 18.4 Å². The Morgan fingerprint density at radius 1 is 1.05 bits per heavy atom. The minimum atomic E-state index is 0.212. The van der Waals surface area contributed by atoms with Gasteiger partial charge in [0.15, 0.2) is 0 Å². The first-order valence-corrected chi connectivity index (χ1v) is 7.67. The van der Waals surface area contributed by atoms with Gasteiger partial charge in [0, 0.05) is 13.1 Å². The maximum Gasteiger partial charge on any atom is 0.0636 e. The molecule has 110 valence electrons. The van der Waals surface area contributed by atoms with Crippen molar-refractivity contribution < 1.29 is 0 Å². The molecular formula is C19H24N2. The lowest BCUT2D eigenvalue weighted by Gasteiger charge is -2.23. The molecule has 0 saturated heterocycles. The Kier molecular flexibility index (Phi) is 3.40. The molecule has 0 amide bonds. The zero-order valence-corrected chi connectivity index (χ0v) is 13.2. The molecule has 2 heteroatoms. The number of anilines is 2. The summed E-state index contributed by atoms with van der Waals surface area (Å²) in [4.78, 5) is 2.40. The number of hydrogen-bond donors (Lipinski definition) is 1. The van der Waals surface area contributed by atoms with Crippen LogP contribution in [0.4, 0.5) is 11.4 Å². The molecule has 0 aliphatic carbocycles. The van der Waals surface area contributed by atoms with Crippen LogP contribution in [0.15, 0.2) is 42.5 Å². The second-order valence-electron chi connectivity index (χ2n) is 6.97. The first-order valence-electron chi connectivity index (χ1n) is 7.67. The summed E-state index contributed by atoms with van der Waals surface area (Å²) in [6.45, 7) is 8.74. The molecule has 1 heterocycles. The Hall–Kier alpha value is -1.96. The fraction of sp³-hybridized carbons (Fsp3) is 0.368. The summed E-state index contributed by atoms with van der Waals surface area (Å²) in [5.74, 6) is 0. The van der Waals surface area contributed by atoms with E-state index in [9.17, 15) is 0 Å². The van der Waals surface area contributed by atoms with E-state index < -0.39 is 0 Å². The zero-order chi connectivity index (χ0) is 15.0. The molecule has 2 nitrogen and oxygen atoms in total. The highest BCUT2D eigenvalue weighted by atomic mass is 15.2. The van der Waals surface area contributed by atoms with Gasteiger partial charge in [-0.2, -0.15) is 0 Å². The van der Waals surface area contributed by atoms with E-state index in [1.54, 1.807) is 0 Å². The summed E-state index contributed by atoms with van der Waals surface area (Å²) < 4.78 is 0. The van der Waals surface area contributed by atoms with E-state index in [0.717, 1.165) is 25.2 Å². The molecule has 3 rings (SSSR count). The molecule has 0 bridgehead atoms. The van der Waals surface area contributed by atoms with E-state index >= 15 is 0 Å². The highest BCUT2D eigenvalue weighted by Crippen LogP contribution is 2.34. The van der Waals surface area contributed by atoms with E-state index in [1.165, 1.54) is 22.4 Å². The predicted octanol–water partition coefficient (Wildman–Crippen LogP) is 4.13. The average Bonchev–Trinajstić information content (AvgIpc) is 2.83. The highest BCUT2D eigenvalue weighted by Gasteiger charge is 2.21. The van der Waals surface area contributed by atoms with Gasteiger partial charge in [-0.15, -0.1) is 0 Å². The van der Waals surface area contributed by atoms with Gasteiger partial charge in [0.25, 0.3) is 0 Å². The molecule has 0 unspecified atom stereocenters. The maximum atomic E-state index is 6.16. The number of nitrogens with zero attached hydrogens (tertiary/aromatic N) is 1. The van der Waals surface area contributed by atoms with E-state index in [1.807, 2.05) is 6.07 Å². The largest absolute Gasteiger partial charge is 0.397 e. The molecule has 2 N–H and O–H groups in total. The van der Waals surface area contributed by atoms with E-state index in [0.29, 0.717) is 0 Å². The Labute approximate surface area is 127 Å². The molecule has 1 aliphatic rings. The highest BCUT2D eigenvalue weighted by molar-refractivity contribution is 5.74. The van der Waals surface area contributed by atoms with Crippen LogP contribution in [0.3, 0.4) is 0 Å². The number of benzene rings is 2. The van der Waals surface area contributed by atoms with Crippen molar-refractivity contribution in [3.63, 3.8) is 0 Å². The lowest BCUT2D eigenvalue weighted by molar-refractivity contribution is 0.590. The van der Waals surface area contributed by atoms with Gasteiger partial charge in [0.05, 0.1) is 11.4 Å². The lowest BCUT2D eigenvalue weighted by atomic mass is 9.87. The number of para-hydroxylation sites is 1. The number of nitrogen functional groups attached to an aromatic ring is 1. The van der Waals surface area contributed by atoms with E-state index in [2.05, 4.69) is 62.1 Å². The predicted molar refractivity (Wildman–Crippen MR) is 90.8 cm³/mol. The Balaban J connectivity index is 1.80. The minimum Gasteiger partial charge on any atom is -0.397 e. The van der Waals surface area contributed by atoms with Crippen LogP contribution in [0.1, 0.15) is 37.5 Å². The molecule has 0 aromatic heterocycles. The number of nitrogens with two attached hydrogens (primary N) is 1. The van der Waals surface area contributed by atoms with Crippen molar-refractivity contribution >= 4 is 11.4 Å². The van der Waals surface area contributed by atoms with Gasteiger partial charge in [-0.3, -0.25) is 0 Å². The SMILES string of the molecule is CC(C)(C)c1ccc(CN2CCc3cccc(N)c32)cc1. The Bertz CT molecular complexity index is 636. The Morgan fingerprint density at radius 3 is 2.43 bits per heavy atom. The summed E-state index contributed by atoms with van der Waals surface area (Å²) in [5, 5.41) is 0. The molecule has 0 atom stereocenters. The zero-order valence-electron chi connectivity index (χ0n) is 13.2. The molecule has 2 aromatic rings.